The molecule has 25 heavy (non-hydrogen) atoms. The van der Waals surface area contributed by atoms with Gasteiger partial charge in [-0.05, 0) is 37.1 Å². The van der Waals surface area contributed by atoms with Crippen LogP contribution in [0, 0.1) is 5.82 Å². The highest BCUT2D eigenvalue weighted by atomic mass is 19.4. The molecule has 0 radical (unpaired) electrons. The summed E-state index contributed by atoms with van der Waals surface area (Å²) < 4.78 is 47.2. The molecule has 0 unspecified atom stereocenters. The molecule has 2 aromatic rings. The second-order valence-electron chi connectivity index (χ2n) is 5.11. The van der Waals surface area contributed by atoms with Gasteiger partial charge in [-0.15, -0.1) is 5.10 Å². The monoisotopic (exact) mass is 360 g/mol. The van der Waals surface area contributed by atoms with Gasteiger partial charge in [0.25, 0.3) is 0 Å². The Morgan fingerprint density at radius 1 is 1.16 bits per heavy atom. The van der Waals surface area contributed by atoms with E-state index in [4.69, 9.17) is 4.42 Å². The number of carbonyl (C=O) groups is 1. The predicted octanol–water partition coefficient (Wildman–Crippen LogP) is 3.09. The molecule has 1 aromatic carbocycles. The van der Waals surface area contributed by atoms with Crippen LogP contribution in [-0.4, -0.2) is 47.3 Å². The predicted molar refractivity (Wildman–Crippen MR) is 81.1 cm³/mol. The van der Waals surface area contributed by atoms with Gasteiger partial charge in [0.2, 0.25) is 11.8 Å². The Balaban J connectivity index is 0.000000511. The Bertz CT molecular complexity index is 670. The molecule has 1 aromatic heterocycles. The fourth-order valence-electron chi connectivity index (χ4n) is 2.23. The summed E-state index contributed by atoms with van der Waals surface area (Å²) in [6.07, 6.45) is 2.11. The zero-order valence-corrected chi connectivity index (χ0v) is 13.1. The van der Waals surface area contributed by atoms with Gasteiger partial charge in [-0.25, -0.2) is 4.39 Å². The number of carbonyl (C=O) groups excluding carboxylic acids is 1. The maximum Gasteiger partial charge on any atom is 0.379 e. The molecule has 0 bridgehead atoms. The lowest BCUT2D eigenvalue weighted by atomic mass is 10.2. The third-order valence-electron chi connectivity index (χ3n) is 3.37. The second-order valence-corrected chi connectivity index (χ2v) is 5.11. The van der Waals surface area contributed by atoms with E-state index in [0.717, 1.165) is 25.9 Å². The van der Waals surface area contributed by atoms with Gasteiger partial charge in [0, 0.05) is 18.7 Å². The molecule has 1 N–H and O–H groups in total. The number of nitrogens with zero attached hydrogens (tertiary/aromatic N) is 3. The number of aromatic nitrogens is 2. The molecule has 0 saturated carbocycles. The number of nitrogens with one attached hydrogen (secondary N) is 1. The molecule has 1 aliphatic rings. The maximum absolute atomic E-state index is 12.8. The molecule has 136 valence electrons. The SMILES string of the molecule is FC(F)F.O=C(CNc1nnc(-c2ccc(F)cc2)o1)N1CCCC1. The molecular weight excluding hydrogens is 344 g/mol. The molecule has 0 spiro atoms. The van der Waals surface area contributed by atoms with Crippen molar-refractivity contribution in [1.82, 2.24) is 15.1 Å². The number of rotatable bonds is 4. The molecule has 3 rings (SSSR count). The van der Waals surface area contributed by atoms with Gasteiger partial charge in [-0.3, -0.25) is 4.79 Å². The van der Waals surface area contributed by atoms with Crippen LogP contribution in [0.15, 0.2) is 28.7 Å². The lowest BCUT2D eigenvalue weighted by Gasteiger charge is -2.14. The molecule has 0 atom stereocenters. The van der Waals surface area contributed by atoms with Gasteiger partial charge >= 0.3 is 12.7 Å². The van der Waals surface area contributed by atoms with E-state index in [1.807, 2.05) is 4.90 Å². The first-order valence-corrected chi connectivity index (χ1v) is 7.49. The third kappa shape index (κ3) is 6.05. The summed E-state index contributed by atoms with van der Waals surface area (Å²) in [7, 11) is 0. The molecule has 1 fully saturated rings. The first-order valence-electron chi connectivity index (χ1n) is 7.49. The largest absolute Gasteiger partial charge is 0.403 e. The Morgan fingerprint density at radius 2 is 1.76 bits per heavy atom. The number of hydrogen-bond acceptors (Lipinski definition) is 5. The van der Waals surface area contributed by atoms with Crippen molar-refractivity contribution in [3.05, 3.63) is 30.1 Å². The van der Waals surface area contributed by atoms with Crippen LogP contribution in [0.25, 0.3) is 11.5 Å². The van der Waals surface area contributed by atoms with Crippen LogP contribution in [0.4, 0.5) is 23.6 Å². The minimum atomic E-state index is -3.67. The molecule has 10 heteroatoms. The van der Waals surface area contributed by atoms with Crippen LogP contribution in [0.1, 0.15) is 12.8 Å². The van der Waals surface area contributed by atoms with Crippen LogP contribution >= 0.6 is 0 Å². The molecule has 2 heterocycles. The van der Waals surface area contributed by atoms with Crippen molar-refractivity contribution in [2.45, 2.75) is 19.5 Å². The van der Waals surface area contributed by atoms with Crippen molar-refractivity contribution >= 4 is 11.9 Å². The highest BCUT2D eigenvalue weighted by Gasteiger charge is 2.18. The van der Waals surface area contributed by atoms with E-state index in [1.165, 1.54) is 12.1 Å². The van der Waals surface area contributed by atoms with Crippen molar-refractivity contribution in [2.75, 3.05) is 25.0 Å². The Morgan fingerprint density at radius 3 is 2.36 bits per heavy atom. The van der Waals surface area contributed by atoms with E-state index < -0.39 is 6.68 Å². The maximum atomic E-state index is 12.8. The van der Waals surface area contributed by atoms with Crippen molar-refractivity contribution in [3.63, 3.8) is 0 Å². The Labute approximate surface area is 140 Å². The summed E-state index contributed by atoms with van der Waals surface area (Å²) in [4.78, 5) is 13.7. The standard InChI is InChI=1S/C14H15FN4O2.CHF3/c15-11-5-3-10(4-6-11)13-17-18-14(21-13)16-9-12(20)19-7-1-2-8-19;2-1(3)4/h3-6H,1-2,7-9H2,(H,16,18);1H. The molecule has 0 aliphatic carbocycles. The Kier molecular flexibility index (Phi) is 6.72. The number of hydrogen-bond donors (Lipinski definition) is 1. The van der Waals surface area contributed by atoms with Gasteiger partial charge in [0.1, 0.15) is 5.82 Å². The van der Waals surface area contributed by atoms with Gasteiger partial charge < -0.3 is 14.6 Å². The molecular formula is C15H16F4N4O2. The van der Waals surface area contributed by atoms with Crippen molar-refractivity contribution in [3.8, 4) is 11.5 Å². The number of anilines is 1. The normalized spacial score (nSPS) is 13.6. The lowest BCUT2D eigenvalue weighted by molar-refractivity contribution is -0.128. The number of amides is 1. The van der Waals surface area contributed by atoms with E-state index in [2.05, 4.69) is 15.5 Å². The van der Waals surface area contributed by atoms with Gasteiger partial charge in [-0.1, -0.05) is 5.10 Å². The minimum Gasteiger partial charge on any atom is -0.403 e. The average Bonchev–Trinajstić information content (AvgIpc) is 3.25. The fraction of sp³-hybridized carbons (Fsp3) is 0.400. The number of benzene rings is 1. The molecule has 1 aliphatic heterocycles. The van der Waals surface area contributed by atoms with Crippen molar-refractivity contribution < 1.29 is 26.8 Å². The topological polar surface area (TPSA) is 71.3 Å². The van der Waals surface area contributed by atoms with Crippen molar-refractivity contribution in [1.29, 1.82) is 0 Å². The Hall–Kier alpha value is -2.65. The number of halogens is 4. The average molecular weight is 360 g/mol. The summed E-state index contributed by atoms with van der Waals surface area (Å²) in [6.45, 7) is -1.92. The van der Waals surface area contributed by atoms with Crippen LogP contribution in [0.2, 0.25) is 0 Å². The van der Waals surface area contributed by atoms with Crippen LogP contribution < -0.4 is 5.32 Å². The van der Waals surface area contributed by atoms with E-state index in [9.17, 15) is 22.4 Å². The first-order chi connectivity index (χ1) is 12.0. The summed E-state index contributed by atoms with van der Waals surface area (Å²) >= 11 is 0. The van der Waals surface area contributed by atoms with Gasteiger partial charge in [0.15, 0.2) is 0 Å². The zero-order chi connectivity index (χ0) is 18.2. The van der Waals surface area contributed by atoms with Gasteiger partial charge in [-0.2, -0.15) is 13.2 Å². The molecule has 1 saturated heterocycles. The van der Waals surface area contributed by atoms with E-state index in [0.29, 0.717) is 5.56 Å². The summed E-state index contributed by atoms with van der Waals surface area (Å²) in [5.41, 5.74) is 0.628. The van der Waals surface area contributed by atoms with Crippen LogP contribution in [0.3, 0.4) is 0 Å². The van der Waals surface area contributed by atoms with E-state index in [1.54, 1.807) is 12.1 Å². The number of alkyl halides is 3. The highest BCUT2D eigenvalue weighted by molar-refractivity contribution is 5.80. The second kappa shape index (κ2) is 9.00. The fourth-order valence-corrected chi connectivity index (χ4v) is 2.23. The third-order valence-corrected chi connectivity index (χ3v) is 3.37. The first kappa shape index (κ1) is 18.7. The summed E-state index contributed by atoms with van der Waals surface area (Å²) in [5.74, 6) is -0.0204. The molecule has 6 nitrogen and oxygen atoms in total. The minimum absolute atomic E-state index is 0.0223. The van der Waals surface area contributed by atoms with E-state index in [-0.39, 0.29) is 30.2 Å². The molecule has 1 amide bonds. The smallest absolute Gasteiger partial charge is 0.379 e. The number of likely N-dealkylation sites (tertiary alicyclic amines) is 1. The highest BCUT2D eigenvalue weighted by Crippen LogP contribution is 2.19. The van der Waals surface area contributed by atoms with E-state index >= 15 is 0 Å². The van der Waals surface area contributed by atoms with Crippen molar-refractivity contribution in [2.24, 2.45) is 0 Å². The van der Waals surface area contributed by atoms with Crippen LogP contribution in [0.5, 0.6) is 0 Å². The summed E-state index contributed by atoms with van der Waals surface area (Å²) in [5, 5.41) is 10.5. The van der Waals surface area contributed by atoms with Gasteiger partial charge in [0.05, 0.1) is 6.54 Å². The zero-order valence-electron chi connectivity index (χ0n) is 13.1. The lowest BCUT2D eigenvalue weighted by Crippen LogP contribution is -2.33. The quantitative estimate of drug-likeness (QED) is 0.849. The summed E-state index contributed by atoms with van der Waals surface area (Å²) in [6, 6.07) is 5.94. The van der Waals surface area contributed by atoms with Crippen LogP contribution in [-0.2, 0) is 4.79 Å².